The highest BCUT2D eigenvalue weighted by molar-refractivity contribution is 5.29. The first kappa shape index (κ1) is 10.4. The minimum Gasteiger partial charge on any atom is -0.523 e. The standard InChI is InChI=1S/C8H4F3N3O2/c9-8(10,11)5-2-1-3-6(4-5)14-12-7(15)16-13-14/h1-4H. The third-order valence-electron chi connectivity index (χ3n) is 1.78. The van der Waals surface area contributed by atoms with Gasteiger partial charge in [-0.3, -0.25) is 0 Å². The molecule has 16 heavy (non-hydrogen) atoms. The van der Waals surface area contributed by atoms with Crippen molar-refractivity contribution in [2.24, 2.45) is 0 Å². The summed E-state index contributed by atoms with van der Waals surface area (Å²) in [6.45, 7) is 0. The van der Waals surface area contributed by atoms with Crippen LogP contribution in [-0.4, -0.2) is 10.4 Å². The molecule has 0 amide bonds. The van der Waals surface area contributed by atoms with Crippen molar-refractivity contribution in [1.29, 1.82) is 0 Å². The van der Waals surface area contributed by atoms with Crippen molar-refractivity contribution in [3.63, 3.8) is 0 Å². The molecule has 5 nitrogen and oxygen atoms in total. The molecule has 0 spiro atoms. The highest BCUT2D eigenvalue weighted by Gasteiger charge is 2.32. The molecule has 2 aromatic rings. The maximum atomic E-state index is 12.4. The molecule has 1 aromatic carbocycles. The first-order valence-electron chi connectivity index (χ1n) is 4.08. The fourth-order valence-electron chi connectivity index (χ4n) is 1.10. The van der Waals surface area contributed by atoms with Gasteiger partial charge in [-0.05, 0) is 6.07 Å². The average molecular weight is 231 g/mol. The fraction of sp³-hybridized carbons (Fsp3) is 0.125. The summed E-state index contributed by atoms with van der Waals surface area (Å²) >= 11 is 0. The summed E-state index contributed by atoms with van der Waals surface area (Å²) < 4.78 is 41.2. The van der Waals surface area contributed by atoms with E-state index >= 15 is 0 Å². The summed E-state index contributed by atoms with van der Waals surface area (Å²) in [5.74, 6) is 0. The van der Waals surface area contributed by atoms with Crippen molar-refractivity contribution >= 4 is 0 Å². The van der Waals surface area contributed by atoms with Gasteiger partial charge in [0.05, 0.1) is 15.5 Å². The first-order chi connectivity index (χ1) is 7.47. The van der Waals surface area contributed by atoms with Gasteiger partial charge in [0.2, 0.25) is 6.08 Å². The van der Waals surface area contributed by atoms with E-state index in [-0.39, 0.29) is 5.69 Å². The molecule has 8 heteroatoms. The Morgan fingerprint density at radius 2 is 2.06 bits per heavy atom. The van der Waals surface area contributed by atoms with Crippen LogP contribution in [0.1, 0.15) is 5.56 Å². The van der Waals surface area contributed by atoms with Gasteiger partial charge in [-0.15, -0.1) is 0 Å². The maximum Gasteiger partial charge on any atom is 0.416 e. The van der Waals surface area contributed by atoms with Gasteiger partial charge in [-0.2, -0.15) is 13.2 Å². The summed E-state index contributed by atoms with van der Waals surface area (Å²) in [5.41, 5.74) is -0.851. The predicted octanol–water partition coefficient (Wildman–Crippen LogP) is 0.439. The number of hydrogen-bond acceptors (Lipinski definition) is 4. The van der Waals surface area contributed by atoms with Gasteiger partial charge in [0.15, 0.2) is 0 Å². The summed E-state index contributed by atoms with van der Waals surface area (Å²) in [6.07, 6.45) is -5.43. The number of benzene rings is 1. The molecule has 1 aromatic heterocycles. The summed E-state index contributed by atoms with van der Waals surface area (Å²) in [7, 11) is 0. The van der Waals surface area contributed by atoms with Gasteiger partial charge < -0.3 is 9.63 Å². The molecular weight excluding hydrogens is 227 g/mol. The minimum absolute atomic E-state index is 0.000625. The molecule has 1 heterocycles. The highest BCUT2D eigenvalue weighted by atomic mass is 19.4. The number of hydrogen-bond donors (Lipinski definition) is 0. The SMILES string of the molecule is [O-]c1n[n+](-c2cccc(C(F)(F)F)c2)no1. The van der Waals surface area contributed by atoms with Crippen LogP contribution >= 0.6 is 0 Å². The monoisotopic (exact) mass is 231 g/mol. The van der Waals surface area contributed by atoms with E-state index in [9.17, 15) is 18.3 Å². The van der Waals surface area contributed by atoms with Crippen molar-refractivity contribution in [3.8, 4) is 11.8 Å². The quantitative estimate of drug-likeness (QED) is 0.668. The van der Waals surface area contributed by atoms with Gasteiger partial charge in [0.25, 0.3) is 5.69 Å². The second-order valence-electron chi connectivity index (χ2n) is 2.88. The second-order valence-corrected chi connectivity index (χ2v) is 2.88. The molecule has 84 valence electrons. The lowest BCUT2D eigenvalue weighted by molar-refractivity contribution is -0.726. The van der Waals surface area contributed by atoms with E-state index in [1.165, 1.54) is 12.1 Å². The van der Waals surface area contributed by atoms with Crippen LogP contribution in [0.5, 0.6) is 6.08 Å². The lowest BCUT2D eigenvalue weighted by Crippen LogP contribution is -2.36. The van der Waals surface area contributed by atoms with Crippen molar-refractivity contribution in [2.45, 2.75) is 6.18 Å². The van der Waals surface area contributed by atoms with Crippen LogP contribution in [-0.2, 0) is 6.18 Å². The first-order valence-corrected chi connectivity index (χ1v) is 4.08. The van der Waals surface area contributed by atoms with E-state index in [0.717, 1.165) is 12.1 Å². The zero-order valence-corrected chi connectivity index (χ0v) is 7.60. The van der Waals surface area contributed by atoms with E-state index < -0.39 is 17.8 Å². The molecule has 0 saturated carbocycles. The van der Waals surface area contributed by atoms with Crippen LogP contribution < -0.4 is 9.90 Å². The highest BCUT2D eigenvalue weighted by Crippen LogP contribution is 2.29. The van der Waals surface area contributed by atoms with Gasteiger partial charge >= 0.3 is 6.18 Å². The van der Waals surface area contributed by atoms with Crippen molar-refractivity contribution in [2.75, 3.05) is 0 Å². The number of nitrogens with zero attached hydrogens (tertiary/aromatic N) is 3. The smallest absolute Gasteiger partial charge is 0.416 e. The van der Waals surface area contributed by atoms with Crippen molar-refractivity contribution in [3.05, 3.63) is 29.8 Å². The van der Waals surface area contributed by atoms with Crippen LogP contribution in [0.25, 0.3) is 5.69 Å². The Kier molecular flexibility index (Phi) is 2.26. The number of halogens is 3. The Balaban J connectivity index is 2.44. The zero-order chi connectivity index (χ0) is 11.8. The van der Waals surface area contributed by atoms with E-state index in [1.54, 1.807) is 0 Å². The Morgan fingerprint density at radius 3 is 2.62 bits per heavy atom. The molecule has 0 atom stereocenters. The number of aromatic nitrogens is 3. The normalized spacial score (nSPS) is 11.7. The zero-order valence-electron chi connectivity index (χ0n) is 7.60. The van der Waals surface area contributed by atoms with E-state index in [1.807, 2.05) is 0 Å². The molecular formula is C8H4F3N3O2. The Morgan fingerprint density at radius 1 is 1.31 bits per heavy atom. The minimum atomic E-state index is -4.46. The third kappa shape index (κ3) is 1.95. The van der Waals surface area contributed by atoms with Gasteiger partial charge in [-0.1, -0.05) is 6.07 Å². The van der Waals surface area contributed by atoms with Crippen molar-refractivity contribution in [1.82, 2.24) is 10.4 Å². The lowest BCUT2D eigenvalue weighted by Gasteiger charge is -2.04. The Hall–Kier alpha value is -2.12. The van der Waals surface area contributed by atoms with Crippen LogP contribution in [0.3, 0.4) is 0 Å². The molecule has 0 unspecified atom stereocenters. The Bertz CT molecular complexity index is 509. The van der Waals surface area contributed by atoms with Gasteiger partial charge in [0, 0.05) is 12.1 Å². The molecule has 0 aliphatic carbocycles. The van der Waals surface area contributed by atoms with Crippen molar-refractivity contribution < 1.29 is 27.6 Å². The third-order valence-corrected chi connectivity index (χ3v) is 1.78. The molecule has 2 rings (SSSR count). The van der Waals surface area contributed by atoms with E-state index in [0.29, 0.717) is 4.80 Å². The summed E-state index contributed by atoms with van der Waals surface area (Å²) in [6, 6.07) is 4.23. The second kappa shape index (κ2) is 3.47. The van der Waals surface area contributed by atoms with Gasteiger partial charge in [0.1, 0.15) is 5.27 Å². The van der Waals surface area contributed by atoms with Gasteiger partial charge in [-0.25, -0.2) is 0 Å². The Labute approximate surface area is 86.7 Å². The van der Waals surface area contributed by atoms with Crippen LogP contribution in [0.15, 0.2) is 28.8 Å². The summed E-state index contributed by atoms with van der Waals surface area (Å²) in [5, 5.41) is 16.9. The van der Waals surface area contributed by atoms with E-state index in [2.05, 4.69) is 14.9 Å². The van der Waals surface area contributed by atoms with E-state index in [4.69, 9.17) is 0 Å². The number of rotatable bonds is 1. The van der Waals surface area contributed by atoms with Crippen LogP contribution in [0, 0.1) is 0 Å². The average Bonchev–Trinajstić information content (AvgIpc) is 2.64. The maximum absolute atomic E-state index is 12.4. The summed E-state index contributed by atoms with van der Waals surface area (Å²) in [4.78, 5) is 0.692. The molecule has 0 aliphatic rings. The van der Waals surface area contributed by atoms with Crippen LogP contribution in [0.4, 0.5) is 13.2 Å². The van der Waals surface area contributed by atoms with Crippen LogP contribution in [0.2, 0.25) is 0 Å². The lowest BCUT2D eigenvalue weighted by atomic mass is 10.2. The topological polar surface area (TPSA) is 65.9 Å². The number of alkyl halides is 3. The molecule has 0 N–H and O–H groups in total. The fourth-order valence-corrected chi connectivity index (χ4v) is 1.10. The molecule has 0 aliphatic heterocycles. The largest absolute Gasteiger partial charge is 0.523 e. The molecule has 0 fully saturated rings. The molecule has 0 saturated heterocycles. The predicted molar refractivity (Wildman–Crippen MR) is 40.3 cm³/mol. The molecule has 0 bridgehead atoms. The molecule has 0 radical (unpaired) electrons.